The number of ether oxygens (including phenoxy) is 3. The minimum absolute atomic E-state index is 0.0209. The predicted molar refractivity (Wildman–Crippen MR) is 83.0 cm³/mol. The summed E-state index contributed by atoms with van der Waals surface area (Å²) in [6.07, 6.45) is 4.41. The third-order valence-electron chi connectivity index (χ3n) is 4.11. The second kappa shape index (κ2) is 8.26. The number of esters is 1. The molecule has 0 radical (unpaired) electrons. The van der Waals surface area contributed by atoms with Crippen molar-refractivity contribution in [1.82, 2.24) is 0 Å². The van der Waals surface area contributed by atoms with E-state index >= 15 is 0 Å². The molecule has 0 bridgehead atoms. The van der Waals surface area contributed by atoms with Crippen molar-refractivity contribution in [3.8, 4) is 0 Å². The standard InChI is InChI=1S/C17H24O6/c1-11(16(18)19)10-15(14-6-4-8-22-14)23-17(20)12(2)9-13-5-3-7-21-13/h10,13-15H,2-9H2,1H3,(H,18,19). The van der Waals surface area contributed by atoms with E-state index in [0.29, 0.717) is 25.2 Å². The largest absolute Gasteiger partial charge is 0.478 e. The molecule has 2 heterocycles. The van der Waals surface area contributed by atoms with Crippen LogP contribution < -0.4 is 0 Å². The summed E-state index contributed by atoms with van der Waals surface area (Å²) >= 11 is 0. The number of carbonyl (C=O) groups is 2. The van der Waals surface area contributed by atoms with E-state index in [2.05, 4.69) is 6.58 Å². The molecule has 2 aliphatic heterocycles. The van der Waals surface area contributed by atoms with Crippen LogP contribution in [0, 0.1) is 0 Å². The van der Waals surface area contributed by atoms with Crippen LogP contribution in [0.2, 0.25) is 0 Å². The maximum atomic E-state index is 12.2. The number of hydrogen-bond donors (Lipinski definition) is 1. The minimum atomic E-state index is -1.04. The van der Waals surface area contributed by atoms with Gasteiger partial charge in [-0.1, -0.05) is 6.58 Å². The quantitative estimate of drug-likeness (QED) is 0.571. The van der Waals surface area contributed by atoms with Crippen LogP contribution in [0.5, 0.6) is 0 Å². The maximum absolute atomic E-state index is 12.2. The van der Waals surface area contributed by atoms with Crippen LogP contribution >= 0.6 is 0 Å². The maximum Gasteiger partial charge on any atom is 0.334 e. The van der Waals surface area contributed by atoms with Crippen molar-refractivity contribution in [1.29, 1.82) is 0 Å². The van der Waals surface area contributed by atoms with Crippen molar-refractivity contribution in [2.75, 3.05) is 13.2 Å². The van der Waals surface area contributed by atoms with Gasteiger partial charge in [0.15, 0.2) is 0 Å². The molecule has 6 nitrogen and oxygen atoms in total. The van der Waals surface area contributed by atoms with Crippen LogP contribution in [0.25, 0.3) is 0 Å². The van der Waals surface area contributed by atoms with Gasteiger partial charge in [0.1, 0.15) is 6.10 Å². The molecule has 0 amide bonds. The fraction of sp³-hybridized carbons (Fsp3) is 0.647. The molecular weight excluding hydrogens is 300 g/mol. The van der Waals surface area contributed by atoms with Crippen molar-refractivity contribution in [2.45, 2.75) is 57.3 Å². The van der Waals surface area contributed by atoms with Gasteiger partial charge in [-0.05, 0) is 38.7 Å². The summed E-state index contributed by atoms with van der Waals surface area (Å²) in [5.41, 5.74) is 0.476. The monoisotopic (exact) mass is 324 g/mol. The van der Waals surface area contributed by atoms with Gasteiger partial charge < -0.3 is 19.3 Å². The van der Waals surface area contributed by atoms with E-state index in [1.807, 2.05) is 0 Å². The summed E-state index contributed by atoms with van der Waals surface area (Å²) in [6, 6.07) is 0. The number of aliphatic carboxylic acids is 1. The first-order valence-electron chi connectivity index (χ1n) is 8.01. The lowest BCUT2D eigenvalue weighted by Crippen LogP contribution is -2.31. The topological polar surface area (TPSA) is 82.1 Å². The fourth-order valence-corrected chi connectivity index (χ4v) is 2.77. The molecule has 128 valence electrons. The summed E-state index contributed by atoms with van der Waals surface area (Å²) in [7, 11) is 0. The Labute approximate surface area is 136 Å². The molecule has 2 fully saturated rings. The number of carboxylic acid groups (broad SMARTS) is 1. The van der Waals surface area contributed by atoms with Gasteiger partial charge in [-0.2, -0.15) is 0 Å². The Bertz CT molecular complexity index is 483. The summed E-state index contributed by atoms with van der Waals surface area (Å²) in [6.45, 7) is 6.56. The number of carboxylic acids is 1. The highest BCUT2D eigenvalue weighted by atomic mass is 16.6. The van der Waals surface area contributed by atoms with E-state index in [1.54, 1.807) is 0 Å². The van der Waals surface area contributed by atoms with Gasteiger partial charge in [-0.25, -0.2) is 9.59 Å². The van der Waals surface area contributed by atoms with E-state index < -0.39 is 18.0 Å². The first-order chi connectivity index (χ1) is 11.0. The van der Waals surface area contributed by atoms with Crippen LogP contribution in [-0.4, -0.2) is 48.6 Å². The average Bonchev–Trinajstić information content (AvgIpc) is 3.19. The predicted octanol–water partition coefficient (Wildman–Crippen LogP) is 2.23. The van der Waals surface area contributed by atoms with E-state index in [-0.39, 0.29) is 17.8 Å². The Hall–Kier alpha value is -1.66. The molecule has 1 N–H and O–H groups in total. The molecule has 2 saturated heterocycles. The second-order valence-corrected chi connectivity index (χ2v) is 6.02. The lowest BCUT2D eigenvalue weighted by molar-refractivity contribution is -0.148. The zero-order chi connectivity index (χ0) is 16.8. The highest BCUT2D eigenvalue weighted by Gasteiger charge is 2.29. The number of hydrogen-bond acceptors (Lipinski definition) is 5. The van der Waals surface area contributed by atoms with Crippen molar-refractivity contribution in [3.05, 3.63) is 23.8 Å². The molecule has 0 spiro atoms. The smallest absolute Gasteiger partial charge is 0.334 e. The Balaban J connectivity index is 1.97. The highest BCUT2D eigenvalue weighted by Crippen LogP contribution is 2.23. The second-order valence-electron chi connectivity index (χ2n) is 6.02. The fourth-order valence-electron chi connectivity index (χ4n) is 2.77. The molecule has 3 atom stereocenters. The SMILES string of the molecule is C=C(CC1CCCO1)C(=O)OC(C=C(C)C(=O)O)C1CCCO1. The lowest BCUT2D eigenvalue weighted by Gasteiger charge is -2.22. The van der Waals surface area contributed by atoms with Crippen LogP contribution in [0.15, 0.2) is 23.8 Å². The molecule has 0 aromatic carbocycles. The molecule has 0 aromatic rings. The van der Waals surface area contributed by atoms with Gasteiger partial charge in [0.25, 0.3) is 0 Å². The van der Waals surface area contributed by atoms with Crippen molar-refractivity contribution in [2.24, 2.45) is 0 Å². The first kappa shape index (κ1) is 17.7. The van der Waals surface area contributed by atoms with Gasteiger partial charge in [0, 0.05) is 30.8 Å². The Morgan fingerprint density at radius 3 is 2.57 bits per heavy atom. The number of rotatable bonds is 7. The van der Waals surface area contributed by atoms with Gasteiger partial charge in [-0.15, -0.1) is 0 Å². The number of carbonyl (C=O) groups excluding carboxylic acids is 1. The Morgan fingerprint density at radius 1 is 1.30 bits per heavy atom. The van der Waals surface area contributed by atoms with E-state index in [4.69, 9.17) is 19.3 Å². The van der Waals surface area contributed by atoms with Crippen molar-refractivity contribution in [3.63, 3.8) is 0 Å². The highest BCUT2D eigenvalue weighted by molar-refractivity contribution is 5.88. The van der Waals surface area contributed by atoms with Crippen molar-refractivity contribution < 1.29 is 28.9 Å². The van der Waals surface area contributed by atoms with E-state index in [9.17, 15) is 9.59 Å². The van der Waals surface area contributed by atoms with Crippen LogP contribution in [0.4, 0.5) is 0 Å². The van der Waals surface area contributed by atoms with E-state index in [1.165, 1.54) is 13.0 Å². The summed E-state index contributed by atoms with van der Waals surface area (Å²) in [5, 5.41) is 9.02. The average molecular weight is 324 g/mol. The summed E-state index contributed by atoms with van der Waals surface area (Å²) in [4.78, 5) is 23.3. The first-order valence-corrected chi connectivity index (χ1v) is 8.01. The minimum Gasteiger partial charge on any atom is -0.478 e. The molecule has 2 rings (SSSR count). The normalized spacial score (nSPS) is 26.0. The zero-order valence-electron chi connectivity index (χ0n) is 13.5. The summed E-state index contributed by atoms with van der Waals surface area (Å²) < 4.78 is 16.5. The van der Waals surface area contributed by atoms with E-state index in [0.717, 1.165) is 25.7 Å². The Kier molecular flexibility index (Phi) is 6.36. The molecule has 0 aliphatic carbocycles. The molecule has 23 heavy (non-hydrogen) atoms. The zero-order valence-corrected chi connectivity index (χ0v) is 13.5. The summed E-state index contributed by atoms with van der Waals surface area (Å²) in [5.74, 6) is -1.56. The van der Waals surface area contributed by atoms with Gasteiger partial charge in [0.05, 0.1) is 12.2 Å². The molecule has 6 heteroatoms. The lowest BCUT2D eigenvalue weighted by atomic mass is 10.1. The Morgan fingerprint density at radius 2 is 2.00 bits per heavy atom. The van der Waals surface area contributed by atoms with Gasteiger partial charge >= 0.3 is 11.9 Å². The third kappa shape index (κ3) is 5.18. The van der Waals surface area contributed by atoms with Crippen LogP contribution in [-0.2, 0) is 23.8 Å². The van der Waals surface area contributed by atoms with Gasteiger partial charge in [-0.3, -0.25) is 0 Å². The molecule has 2 aliphatic rings. The van der Waals surface area contributed by atoms with Crippen molar-refractivity contribution >= 4 is 11.9 Å². The van der Waals surface area contributed by atoms with Crippen LogP contribution in [0.3, 0.4) is 0 Å². The van der Waals surface area contributed by atoms with Crippen LogP contribution in [0.1, 0.15) is 39.0 Å². The molecule has 3 unspecified atom stereocenters. The molecule has 0 aromatic heterocycles. The third-order valence-corrected chi connectivity index (χ3v) is 4.11. The molecule has 0 saturated carbocycles. The molecular formula is C17H24O6. The van der Waals surface area contributed by atoms with Gasteiger partial charge in [0.2, 0.25) is 0 Å².